The molecule has 1 saturated carbocycles. The fourth-order valence-electron chi connectivity index (χ4n) is 3.17. The van der Waals surface area contributed by atoms with E-state index in [0.29, 0.717) is 5.69 Å². The van der Waals surface area contributed by atoms with E-state index in [0.717, 1.165) is 37.7 Å². The van der Waals surface area contributed by atoms with Crippen molar-refractivity contribution >= 4 is 17.3 Å². The number of nitrogen functional groups attached to an aromatic ring is 1. The van der Waals surface area contributed by atoms with Crippen LogP contribution in [0.5, 0.6) is 0 Å². The van der Waals surface area contributed by atoms with Gasteiger partial charge in [0, 0.05) is 18.8 Å². The van der Waals surface area contributed by atoms with Crippen LogP contribution in [-0.2, 0) is 0 Å². The predicted octanol–water partition coefficient (Wildman–Crippen LogP) is 3.51. The molecule has 0 aliphatic heterocycles. The first-order valence-electron chi connectivity index (χ1n) is 7.49. The predicted molar refractivity (Wildman–Crippen MR) is 82.2 cm³/mol. The van der Waals surface area contributed by atoms with Crippen LogP contribution < -0.4 is 10.6 Å². The maximum Gasteiger partial charge on any atom is 0.337 e. The summed E-state index contributed by atoms with van der Waals surface area (Å²) < 4.78 is 14.1. The highest BCUT2D eigenvalue weighted by Crippen LogP contribution is 2.33. The second-order valence-corrected chi connectivity index (χ2v) is 5.89. The van der Waals surface area contributed by atoms with Crippen LogP contribution in [0.15, 0.2) is 12.1 Å². The van der Waals surface area contributed by atoms with E-state index in [1.54, 1.807) is 0 Å². The normalized spacial score (nSPS) is 22.0. The van der Waals surface area contributed by atoms with E-state index in [1.807, 2.05) is 11.9 Å². The lowest BCUT2D eigenvalue weighted by molar-refractivity contribution is 0.0698. The summed E-state index contributed by atoms with van der Waals surface area (Å²) in [6.07, 6.45) is 5.51. The number of anilines is 2. The fourth-order valence-corrected chi connectivity index (χ4v) is 3.17. The Kier molecular flexibility index (Phi) is 4.70. The van der Waals surface area contributed by atoms with Crippen molar-refractivity contribution in [3.8, 4) is 0 Å². The summed E-state index contributed by atoms with van der Waals surface area (Å²) in [7, 11) is 1.83. The Morgan fingerprint density at radius 3 is 2.52 bits per heavy atom. The largest absolute Gasteiger partial charge is 0.478 e. The Morgan fingerprint density at radius 2 is 2.00 bits per heavy atom. The van der Waals surface area contributed by atoms with Crippen LogP contribution in [0.3, 0.4) is 0 Å². The number of rotatable bonds is 4. The first-order chi connectivity index (χ1) is 9.93. The molecule has 1 aliphatic rings. The molecular weight excluding hydrogens is 271 g/mol. The van der Waals surface area contributed by atoms with Gasteiger partial charge in [0.25, 0.3) is 0 Å². The second-order valence-electron chi connectivity index (χ2n) is 5.89. The van der Waals surface area contributed by atoms with Gasteiger partial charge in [-0.3, -0.25) is 0 Å². The molecule has 1 fully saturated rings. The highest BCUT2D eigenvalue weighted by Gasteiger charge is 2.25. The minimum absolute atomic E-state index is 0.0353. The number of aromatic carboxylic acids is 1. The number of benzene rings is 1. The van der Waals surface area contributed by atoms with Crippen molar-refractivity contribution in [2.45, 2.75) is 45.1 Å². The van der Waals surface area contributed by atoms with Gasteiger partial charge in [-0.15, -0.1) is 0 Å². The standard InChI is InChI=1S/C16H23FN2O2/c1-3-10-4-6-11(7-5-10)19(2)15-8-12(16(20)21)14(18)9-13(15)17/h8-11H,3-7,18H2,1-2H3,(H,20,21). The summed E-state index contributed by atoms with van der Waals surface area (Å²) in [4.78, 5) is 13.0. The number of halogens is 1. The van der Waals surface area contributed by atoms with Gasteiger partial charge in [0.2, 0.25) is 0 Å². The Hall–Kier alpha value is -1.78. The number of carboxylic acids is 1. The summed E-state index contributed by atoms with van der Waals surface area (Å²) in [5.41, 5.74) is 5.81. The molecule has 1 aromatic carbocycles. The quantitative estimate of drug-likeness (QED) is 0.834. The van der Waals surface area contributed by atoms with Crippen molar-refractivity contribution in [2.24, 2.45) is 5.92 Å². The molecule has 21 heavy (non-hydrogen) atoms. The van der Waals surface area contributed by atoms with Gasteiger partial charge in [0.05, 0.1) is 11.3 Å². The minimum Gasteiger partial charge on any atom is -0.478 e. The van der Waals surface area contributed by atoms with Crippen LogP contribution in [0.2, 0.25) is 0 Å². The topological polar surface area (TPSA) is 66.6 Å². The van der Waals surface area contributed by atoms with Gasteiger partial charge in [0.15, 0.2) is 0 Å². The molecule has 1 aliphatic carbocycles. The number of carboxylic acid groups (broad SMARTS) is 1. The average Bonchev–Trinajstić information content (AvgIpc) is 2.46. The summed E-state index contributed by atoms with van der Waals surface area (Å²) in [5.74, 6) is -0.824. The van der Waals surface area contributed by atoms with Crippen molar-refractivity contribution < 1.29 is 14.3 Å². The van der Waals surface area contributed by atoms with E-state index in [9.17, 15) is 9.18 Å². The van der Waals surface area contributed by atoms with Gasteiger partial charge in [-0.1, -0.05) is 13.3 Å². The molecule has 0 aromatic heterocycles. The highest BCUT2D eigenvalue weighted by atomic mass is 19.1. The summed E-state index contributed by atoms with van der Waals surface area (Å²) in [5, 5.41) is 9.12. The first kappa shape index (κ1) is 15.6. The molecule has 0 radical (unpaired) electrons. The highest BCUT2D eigenvalue weighted by molar-refractivity contribution is 5.95. The van der Waals surface area contributed by atoms with Crippen LogP contribution in [0.1, 0.15) is 49.4 Å². The van der Waals surface area contributed by atoms with E-state index in [1.165, 1.54) is 12.5 Å². The molecule has 0 heterocycles. The maximum absolute atomic E-state index is 14.1. The first-order valence-corrected chi connectivity index (χ1v) is 7.49. The third-order valence-electron chi connectivity index (χ3n) is 4.67. The number of carbonyl (C=O) groups is 1. The molecule has 5 heteroatoms. The molecule has 0 unspecified atom stereocenters. The van der Waals surface area contributed by atoms with Crippen molar-refractivity contribution in [3.05, 3.63) is 23.5 Å². The molecule has 1 aromatic rings. The zero-order chi connectivity index (χ0) is 15.6. The van der Waals surface area contributed by atoms with Crippen LogP contribution >= 0.6 is 0 Å². The maximum atomic E-state index is 14.1. The number of nitrogens with zero attached hydrogens (tertiary/aromatic N) is 1. The monoisotopic (exact) mass is 294 g/mol. The summed E-state index contributed by atoms with van der Waals surface area (Å²) in [6, 6.07) is 2.71. The molecule has 0 saturated heterocycles. The second kappa shape index (κ2) is 6.33. The fraction of sp³-hybridized carbons (Fsp3) is 0.562. The smallest absolute Gasteiger partial charge is 0.337 e. The lowest BCUT2D eigenvalue weighted by atomic mass is 9.84. The van der Waals surface area contributed by atoms with E-state index < -0.39 is 11.8 Å². The Labute approximate surface area is 124 Å². The van der Waals surface area contributed by atoms with E-state index in [-0.39, 0.29) is 17.3 Å². The van der Waals surface area contributed by atoms with Gasteiger partial charge in [0.1, 0.15) is 5.82 Å². The SMILES string of the molecule is CCC1CCC(N(C)c2cc(C(=O)O)c(N)cc2F)CC1. The van der Waals surface area contributed by atoms with Crippen molar-refractivity contribution in [1.82, 2.24) is 0 Å². The Morgan fingerprint density at radius 1 is 1.38 bits per heavy atom. The molecule has 4 nitrogen and oxygen atoms in total. The summed E-state index contributed by atoms with van der Waals surface area (Å²) in [6.45, 7) is 2.20. The van der Waals surface area contributed by atoms with Gasteiger partial charge < -0.3 is 15.7 Å². The number of hydrogen-bond donors (Lipinski definition) is 2. The zero-order valence-corrected chi connectivity index (χ0v) is 12.6. The van der Waals surface area contributed by atoms with Gasteiger partial charge in [-0.25, -0.2) is 9.18 Å². The molecule has 3 N–H and O–H groups in total. The van der Waals surface area contributed by atoms with Crippen LogP contribution in [0.4, 0.5) is 15.8 Å². The van der Waals surface area contributed by atoms with Crippen LogP contribution in [-0.4, -0.2) is 24.2 Å². The van der Waals surface area contributed by atoms with Gasteiger partial charge >= 0.3 is 5.97 Å². The average molecular weight is 294 g/mol. The summed E-state index contributed by atoms with van der Waals surface area (Å²) >= 11 is 0. The Balaban J connectivity index is 2.21. The lowest BCUT2D eigenvalue weighted by Gasteiger charge is -2.36. The molecular formula is C16H23FN2O2. The molecule has 0 amide bonds. The van der Waals surface area contributed by atoms with Gasteiger partial charge in [-0.05, 0) is 43.7 Å². The van der Waals surface area contributed by atoms with E-state index in [2.05, 4.69) is 6.92 Å². The van der Waals surface area contributed by atoms with E-state index in [4.69, 9.17) is 10.8 Å². The number of nitrogens with two attached hydrogens (primary N) is 1. The van der Waals surface area contributed by atoms with Crippen molar-refractivity contribution in [3.63, 3.8) is 0 Å². The van der Waals surface area contributed by atoms with Crippen LogP contribution in [0.25, 0.3) is 0 Å². The van der Waals surface area contributed by atoms with Crippen molar-refractivity contribution in [1.29, 1.82) is 0 Å². The van der Waals surface area contributed by atoms with Crippen LogP contribution in [0, 0.1) is 11.7 Å². The molecule has 0 atom stereocenters. The van der Waals surface area contributed by atoms with E-state index >= 15 is 0 Å². The Bertz CT molecular complexity index is 525. The molecule has 0 bridgehead atoms. The third kappa shape index (κ3) is 3.28. The zero-order valence-electron chi connectivity index (χ0n) is 12.6. The third-order valence-corrected chi connectivity index (χ3v) is 4.67. The molecule has 116 valence electrons. The number of hydrogen-bond acceptors (Lipinski definition) is 3. The molecule has 2 rings (SSSR count). The lowest BCUT2D eigenvalue weighted by Crippen LogP contribution is -2.35. The molecule has 0 spiro atoms. The van der Waals surface area contributed by atoms with Crippen molar-refractivity contribution in [2.75, 3.05) is 17.7 Å². The minimum atomic E-state index is -1.13. The van der Waals surface area contributed by atoms with Gasteiger partial charge in [-0.2, -0.15) is 0 Å².